The average molecular weight is 442 g/mol. The Hall–Kier alpha value is -1.62. The number of nitrogens with zero attached hydrogens (tertiary/aromatic N) is 2. The first-order valence-electron chi connectivity index (χ1n) is 10.4. The van der Waals surface area contributed by atoms with Gasteiger partial charge in [0.15, 0.2) is 0 Å². The molecule has 3 rings (SSSR count). The molecule has 30 heavy (non-hydrogen) atoms. The zero-order chi connectivity index (χ0) is 22.4. The van der Waals surface area contributed by atoms with Crippen molar-refractivity contribution in [2.75, 3.05) is 40.8 Å². The quantitative estimate of drug-likeness (QED) is 0.294. The van der Waals surface area contributed by atoms with Gasteiger partial charge in [-0.1, -0.05) is 6.92 Å². The summed E-state index contributed by atoms with van der Waals surface area (Å²) in [5.41, 5.74) is 0.0373. The second-order valence-electron chi connectivity index (χ2n) is 9.51. The standard InChI is InChI=1S/C20H32N4O5S/c1-10-15-14(11(2)25)19(27)23(15)16(20(28)29)17(10)30-12-8-13(22-9-12)18(26)21-6-7-24(3,4)5/h10-15,22,25H,6-9H2,1-5H3,(H-,21,26,28,29)/p+1/t10-,11-,12+,13+,14-,15-/m1/s1. The summed E-state index contributed by atoms with van der Waals surface area (Å²) in [6, 6.07) is -0.612. The number of nitrogens with one attached hydrogen (secondary N) is 2. The fraction of sp³-hybridized carbons (Fsp3) is 0.750. The zero-order valence-electron chi connectivity index (χ0n) is 18.2. The Balaban J connectivity index is 1.63. The van der Waals surface area contributed by atoms with Gasteiger partial charge in [0.1, 0.15) is 5.70 Å². The monoisotopic (exact) mass is 441 g/mol. The molecular formula is C20H33N4O5S+. The molecule has 168 valence electrons. The summed E-state index contributed by atoms with van der Waals surface area (Å²) in [7, 11) is 6.21. The second kappa shape index (κ2) is 8.49. The number of carboxylic acids is 1. The van der Waals surface area contributed by atoms with Crippen LogP contribution in [0.25, 0.3) is 0 Å². The third-order valence-electron chi connectivity index (χ3n) is 6.09. The predicted molar refractivity (Wildman–Crippen MR) is 113 cm³/mol. The lowest BCUT2D eigenvalue weighted by Gasteiger charge is -2.46. The Bertz CT molecular complexity index is 763. The molecule has 10 heteroatoms. The molecule has 0 unspecified atom stereocenters. The number of rotatable bonds is 8. The van der Waals surface area contributed by atoms with Crippen molar-refractivity contribution in [3.8, 4) is 0 Å². The van der Waals surface area contributed by atoms with Gasteiger partial charge in [-0.05, 0) is 13.3 Å². The zero-order valence-corrected chi connectivity index (χ0v) is 19.0. The number of quaternary nitrogens is 1. The highest BCUT2D eigenvalue weighted by atomic mass is 32.2. The van der Waals surface area contributed by atoms with Crippen LogP contribution in [-0.2, 0) is 14.4 Å². The van der Waals surface area contributed by atoms with Crippen LogP contribution in [0.4, 0.5) is 0 Å². The number of aliphatic hydroxyl groups is 1. The summed E-state index contributed by atoms with van der Waals surface area (Å²) in [5, 5.41) is 25.9. The maximum absolute atomic E-state index is 12.4. The van der Waals surface area contributed by atoms with Crippen LogP contribution in [0.15, 0.2) is 10.6 Å². The van der Waals surface area contributed by atoms with Crippen molar-refractivity contribution >= 4 is 29.5 Å². The van der Waals surface area contributed by atoms with E-state index in [-0.39, 0.29) is 40.8 Å². The summed E-state index contributed by atoms with van der Waals surface area (Å²) >= 11 is 1.45. The van der Waals surface area contributed by atoms with Crippen molar-refractivity contribution in [3.05, 3.63) is 10.6 Å². The minimum Gasteiger partial charge on any atom is -0.477 e. The van der Waals surface area contributed by atoms with Crippen molar-refractivity contribution in [2.24, 2.45) is 11.8 Å². The highest BCUT2D eigenvalue weighted by molar-refractivity contribution is 8.03. The number of thioether (sulfide) groups is 1. The molecule has 3 aliphatic rings. The minimum absolute atomic E-state index is 0.0355. The van der Waals surface area contributed by atoms with E-state index in [0.717, 1.165) is 11.0 Å². The molecule has 0 bridgehead atoms. The van der Waals surface area contributed by atoms with Crippen LogP contribution in [0.2, 0.25) is 0 Å². The molecule has 2 saturated heterocycles. The lowest BCUT2D eigenvalue weighted by Crippen LogP contribution is -2.63. The van der Waals surface area contributed by atoms with E-state index in [0.29, 0.717) is 24.4 Å². The van der Waals surface area contributed by atoms with Gasteiger partial charge in [0.2, 0.25) is 11.8 Å². The highest BCUT2D eigenvalue weighted by Gasteiger charge is 2.60. The largest absolute Gasteiger partial charge is 0.477 e. The summed E-state index contributed by atoms with van der Waals surface area (Å²) in [4.78, 5) is 38.8. The van der Waals surface area contributed by atoms with E-state index in [2.05, 4.69) is 31.8 Å². The van der Waals surface area contributed by atoms with E-state index in [1.54, 1.807) is 6.92 Å². The van der Waals surface area contributed by atoms with Crippen molar-refractivity contribution in [1.82, 2.24) is 15.5 Å². The topological polar surface area (TPSA) is 119 Å². The van der Waals surface area contributed by atoms with E-state index in [9.17, 15) is 24.6 Å². The maximum Gasteiger partial charge on any atom is 0.353 e. The lowest BCUT2D eigenvalue weighted by atomic mass is 9.79. The van der Waals surface area contributed by atoms with Crippen molar-refractivity contribution < 1.29 is 29.1 Å². The average Bonchev–Trinajstić information content (AvgIpc) is 3.16. The van der Waals surface area contributed by atoms with E-state index in [1.807, 2.05) is 6.92 Å². The van der Waals surface area contributed by atoms with E-state index in [1.165, 1.54) is 16.7 Å². The third kappa shape index (κ3) is 4.37. The number of amides is 2. The van der Waals surface area contributed by atoms with Crippen LogP contribution in [0.3, 0.4) is 0 Å². The van der Waals surface area contributed by atoms with Crippen molar-refractivity contribution in [1.29, 1.82) is 0 Å². The van der Waals surface area contributed by atoms with Crippen molar-refractivity contribution in [2.45, 2.75) is 43.7 Å². The smallest absolute Gasteiger partial charge is 0.353 e. The molecular weight excluding hydrogens is 408 g/mol. The van der Waals surface area contributed by atoms with Gasteiger partial charge in [0.25, 0.3) is 0 Å². The Morgan fingerprint density at radius 1 is 1.37 bits per heavy atom. The lowest BCUT2D eigenvalue weighted by molar-refractivity contribution is -0.869. The predicted octanol–water partition coefficient (Wildman–Crippen LogP) is -0.574. The molecule has 9 nitrogen and oxygen atoms in total. The van der Waals surface area contributed by atoms with Gasteiger partial charge in [0.05, 0.1) is 58.3 Å². The summed E-state index contributed by atoms with van der Waals surface area (Å²) < 4.78 is 0.769. The second-order valence-corrected chi connectivity index (χ2v) is 10.9. The minimum atomic E-state index is -1.12. The third-order valence-corrected chi connectivity index (χ3v) is 7.61. The molecule has 6 atom stereocenters. The molecule has 2 amide bonds. The molecule has 0 radical (unpaired) electrons. The number of carbonyl (C=O) groups excluding carboxylic acids is 2. The van der Waals surface area contributed by atoms with E-state index < -0.39 is 18.0 Å². The Morgan fingerprint density at radius 2 is 2.03 bits per heavy atom. The number of carbonyl (C=O) groups is 3. The fourth-order valence-electron chi connectivity index (χ4n) is 4.49. The summed E-state index contributed by atoms with van der Waals surface area (Å²) in [6.07, 6.45) is -0.212. The summed E-state index contributed by atoms with van der Waals surface area (Å²) in [6.45, 7) is 5.51. The SMILES string of the molecule is C[C@@H](O)[C@H]1C(=O)N2C(C(=O)O)=C(S[C@@H]3CN[C@H](C(=O)NCC[N+](C)(C)C)C3)[C@H](C)[C@H]12. The molecule has 0 aromatic heterocycles. The number of likely N-dealkylation sites (N-methyl/N-ethyl adjacent to an activating group) is 1. The van der Waals surface area contributed by atoms with Gasteiger partial charge >= 0.3 is 5.97 Å². The molecule has 3 heterocycles. The molecule has 0 saturated carbocycles. The Morgan fingerprint density at radius 3 is 2.60 bits per heavy atom. The number of aliphatic carboxylic acids is 1. The van der Waals surface area contributed by atoms with Crippen LogP contribution in [0.1, 0.15) is 20.3 Å². The van der Waals surface area contributed by atoms with Crippen LogP contribution < -0.4 is 10.6 Å². The number of carboxylic acid groups (broad SMARTS) is 1. The van der Waals surface area contributed by atoms with Gasteiger partial charge in [-0.2, -0.15) is 0 Å². The molecule has 0 aromatic rings. The van der Waals surface area contributed by atoms with E-state index >= 15 is 0 Å². The van der Waals surface area contributed by atoms with Gasteiger partial charge in [-0.15, -0.1) is 11.8 Å². The van der Waals surface area contributed by atoms with Crippen LogP contribution in [0, 0.1) is 11.8 Å². The normalized spacial score (nSPS) is 32.1. The Kier molecular flexibility index (Phi) is 6.52. The first kappa shape index (κ1) is 23.1. The fourth-order valence-corrected chi connectivity index (χ4v) is 5.97. The Labute approximate surface area is 181 Å². The van der Waals surface area contributed by atoms with Crippen LogP contribution in [0.5, 0.6) is 0 Å². The highest BCUT2D eigenvalue weighted by Crippen LogP contribution is 2.51. The number of hydrogen-bond donors (Lipinski definition) is 4. The molecule has 0 aliphatic carbocycles. The maximum atomic E-state index is 12.4. The van der Waals surface area contributed by atoms with E-state index in [4.69, 9.17) is 0 Å². The number of aliphatic hydroxyl groups excluding tert-OH is 1. The van der Waals surface area contributed by atoms with Gasteiger partial charge in [-0.3, -0.25) is 9.59 Å². The molecule has 2 fully saturated rings. The van der Waals surface area contributed by atoms with Crippen LogP contribution >= 0.6 is 11.8 Å². The number of fused-ring (bicyclic) bond motifs is 1. The van der Waals surface area contributed by atoms with Gasteiger partial charge < -0.3 is 30.2 Å². The number of hydrogen-bond acceptors (Lipinski definition) is 6. The van der Waals surface area contributed by atoms with Gasteiger partial charge in [0, 0.05) is 22.6 Å². The first-order chi connectivity index (χ1) is 13.9. The first-order valence-corrected chi connectivity index (χ1v) is 11.3. The number of β-lactam (4-membered cyclic amide) rings is 1. The molecule has 4 N–H and O–H groups in total. The molecule has 0 aromatic carbocycles. The molecule has 0 spiro atoms. The summed E-state index contributed by atoms with van der Waals surface area (Å²) in [5.74, 6) is -2.20. The van der Waals surface area contributed by atoms with Crippen molar-refractivity contribution in [3.63, 3.8) is 0 Å². The van der Waals surface area contributed by atoms with Gasteiger partial charge in [-0.25, -0.2) is 4.79 Å². The molecule has 3 aliphatic heterocycles. The van der Waals surface area contributed by atoms with Crippen LogP contribution in [-0.4, -0.2) is 102 Å².